The van der Waals surface area contributed by atoms with Crippen molar-refractivity contribution >= 4 is 122 Å². The third-order valence-corrected chi connectivity index (χ3v) is 47.5. The fourth-order valence-electron chi connectivity index (χ4n) is 21.4. The van der Waals surface area contributed by atoms with E-state index in [0.29, 0.717) is 47.1 Å². The third-order valence-electron chi connectivity index (χ3n) is 28.8. The summed E-state index contributed by atoms with van der Waals surface area (Å²) in [7, 11) is -5.29. The maximum Gasteiger partial charge on any atom is 0.259 e. The molecular weight excluding hydrogens is 1870 g/mol. The van der Waals surface area contributed by atoms with Crippen LogP contribution in [-0.2, 0) is 69.9 Å². The van der Waals surface area contributed by atoms with Gasteiger partial charge in [-0.1, -0.05) is 288 Å². The molecule has 8 aromatic rings. The highest BCUT2D eigenvalue weighted by Crippen LogP contribution is 2.62. The minimum atomic E-state index is -2.17. The summed E-state index contributed by atoms with van der Waals surface area (Å²) in [6.45, 7) is 29.8. The predicted octanol–water partition coefficient (Wildman–Crippen LogP) is 14.3. The summed E-state index contributed by atoms with van der Waals surface area (Å²) in [5.41, 5.74) is 0.791. The van der Waals surface area contributed by atoms with Gasteiger partial charge in [0.25, 0.3) is 31.5 Å². The summed E-state index contributed by atoms with van der Waals surface area (Å²) in [5.74, 6) is 0.712. The molecule has 13 heterocycles. The number of amidine groups is 1. The number of fused-ring (bicyclic) bond motifs is 4. The van der Waals surface area contributed by atoms with Crippen LogP contribution in [0.3, 0.4) is 0 Å². The van der Waals surface area contributed by atoms with Gasteiger partial charge < -0.3 is 80.7 Å². The van der Waals surface area contributed by atoms with Gasteiger partial charge in [0.15, 0.2) is 29.8 Å². The van der Waals surface area contributed by atoms with Crippen molar-refractivity contribution in [2.24, 2.45) is 10.9 Å². The van der Waals surface area contributed by atoms with E-state index in [1.165, 1.54) is 44.1 Å². The molecule has 30 nitrogen and oxygen atoms in total. The number of carbonyl (C=O) groups excluding carboxylic acids is 3. The van der Waals surface area contributed by atoms with E-state index in [1.54, 1.807) is 58.3 Å². The minimum Gasteiger partial charge on any atom is -0.475 e. The van der Waals surface area contributed by atoms with E-state index in [9.17, 15) is 14.4 Å². The number of aromatic nitrogens is 4. The molecule has 11 aliphatic heterocycles. The van der Waals surface area contributed by atoms with Gasteiger partial charge >= 0.3 is 0 Å². The van der Waals surface area contributed by atoms with Crippen molar-refractivity contribution in [2.45, 2.75) is 261 Å². The van der Waals surface area contributed by atoms with Crippen LogP contribution in [0.5, 0.6) is 5.88 Å². The number of ether oxygens (including phenoxy) is 7. The first kappa shape index (κ1) is 103. The summed E-state index contributed by atoms with van der Waals surface area (Å²) in [5, 5.41) is 25.8. The number of hydrogen-bond donors (Lipinski definition) is 3. The van der Waals surface area contributed by atoms with E-state index in [2.05, 4.69) is 292 Å². The number of rotatable bonds is 32. The predicted molar refractivity (Wildman–Crippen MR) is 550 cm³/mol. The Morgan fingerprint density at radius 3 is 1.26 bits per heavy atom. The van der Waals surface area contributed by atoms with Crippen molar-refractivity contribution in [1.82, 2.24) is 54.0 Å². The van der Waals surface area contributed by atoms with Crippen molar-refractivity contribution in [3.05, 3.63) is 238 Å². The molecule has 6 aromatic carbocycles. The molecule has 21 atom stereocenters. The summed E-state index contributed by atoms with van der Waals surface area (Å²) >= 11 is 0. The number of amides is 3. The monoisotopic (exact) mass is 2000 g/mol. The molecule has 0 spiro atoms. The first-order chi connectivity index (χ1) is 67.0. The molecule has 0 radical (unpaired) electrons. The lowest BCUT2D eigenvalue weighted by Gasteiger charge is -2.34. The Bertz CT molecular complexity index is 5530. The maximum absolute atomic E-state index is 12.6. The SMILES string of the molecule is C.C=C1N=C(NC(C)=O)C=CN1[C@@H]1O[C@H](CC)C(O[P@@]2O[C@H](C[Si](C)(c3ccccc3)c3ccccc3)[C@@H]3CCCN32)[C@@H]1OC.C=C1NC(=O)C=CN1[C@@H]1O[C@H](CC)C(O[P@@]2O[C@H](C[Si](C)(c3ccccc3)c3ccccc3)[C@@H]3CCCN32)[C@@H]1OC.CC[C@H]1O[C@@H](n2cnc3c(OCCC#N)nc(NC(=O)C(C)C)nc32)[C@@H](OC)C1O[P@@]1O[C@H](C[Si](C)(c2ccccc2)c2ccccc2)[C@@H]2CCCN21. The quantitative estimate of drug-likeness (QED) is 0.0200. The van der Waals surface area contributed by atoms with Crippen LogP contribution in [0.4, 0.5) is 5.95 Å². The number of carbonyl (C=O) groups is 3. The lowest BCUT2D eigenvalue weighted by atomic mass is 10.1. The molecule has 3 amide bonds. The Morgan fingerprint density at radius 2 is 0.906 bits per heavy atom. The molecule has 19 rings (SSSR count). The van der Waals surface area contributed by atoms with Gasteiger partial charge in [-0.2, -0.15) is 15.2 Å². The lowest BCUT2D eigenvalue weighted by Crippen LogP contribution is -2.58. The highest BCUT2D eigenvalue weighted by Gasteiger charge is 2.60. The first-order valence-electron chi connectivity index (χ1n) is 48.6. The Hall–Kier alpha value is -8.86. The fraction of sp³-hybridized carbons (Fsp3) is 0.476. The van der Waals surface area contributed by atoms with Crippen LogP contribution < -0.4 is 51.8 Å². The molecular formula is C103H135N14O16P3Si3. The molecule has 9 fully saturated rings. The maximum atomic E-state index is 12.6. The van der Waals surface area contributed by atoms with Crippen LogP contribution in [-0.4, -0.2) is 243 Å². The molecule has 3 unspecified atom stereocenters. The van der Waals surface area contributed by atoms with Crippen LogP contribution in [0.25, 0.3) is 11.2 Å². The zero-order valence-electron chi connectivity index (χ0n) is 80.9. The van der Waals surface area contributed by atoms with Crippen LogP contribution in [0.2, 0.25) is 37.8 Å². The highest BCUT2D eigenvalue weighted by atomic mass is 31.2. The Labute approximate surface area is 824 Å². The molecule has 0 bridgehead atoms. The van der Waals surface area contributed by atoms with E-state index >= 15 is 0 Å². The second kappa shape index (κ2) is 46.2. The van der Waals surface area contributed by atoms with Gasteiger partial charge in [-0.15, -0.1) is 0 Å². The average molecular weight is 2000 g/mol. The number of methoxy groups -OCH3 is 3. The first-order valence-corrected chi connectivity index (χ1v) is 60.1. The van der Waals surface area contributed by atoms with Crippen molar-refractivity contribution in [3.63, 3.8) is 0 Å². The number of hydrogen-bond acceptors (Lipinski definition) is 26. The smallest absolute Gasteiger partial charge is 0.259 e. The third kappa shape index (κ3) is 22.0. The molecule has 3 N–H and O–H groups in total. The second-order valence-electron chi connectivity index (χ2n) is 37.9. The van der Waals surface area contributed by atoms with Crippen molar-refractivity contribution < 1.29 is 74.7 Å². The second-order valence-corrected chi connectivity index (χ2v) is 54.8. The van der Waals surface area contributed by atoms with Crippen molar-refractivity contribution in [2.75, 3.05) is 52.9 Å². The highest BCUT2D eigenvalue weighted by molar-refractivity contribution is 7.45. The largest absolute Gasteiger partial charge is 0.475 e. The molecule has 2 aromatic heterocycles. The Morgan fingerprint density at radius 1 is 0.532 bits per heavy atom. The standard InChI is InChI=1S/C38H48N7O6PSi.C33H43N4O5PSi.C31H40N3O5PSi.CH4/c1-6-29-32(33(47-4)37(49-29)44-24-40-31-34(44)41-38(42-35(46)25(2)3)43-36(31)48-22-14-20-39)51-52-45-21-13-19-28(45)30(50-52)23-53(5,26-15-9-7-10-16-26)27-17-11-8-12-18-27;1-6-28-31(32(39-4)33(40-28)36-21-19-30(34-23(36)2)35-24(3)38)42-43-37-20-13-18-27(37)29(41-43)22-44(5,25-14-9-7-10-15-25)26-16-11-8-12-17-26;1-5-26-29(30(36-3)31(37-26)33-20-18-28(35)32-22(33)2)39-40-34-19-12-17-25(34)27(38-40)21-41(4,23-13-8-6-9-14-23)24-15-10-7-11-16-24;/h7-12,15-18,24-25,28-30,32-33,37H,6,13-14,19,21-23H2,1-5H3,(H,41,42,43,46);7-12,14-17,19,21,27-29,31-33H,2,6,13,18,20,22H2,1,3-5H3,(H,34,35,38);6-11,13-16,18,20,25-27,29-31H,2,5,12,17,19,21H2,1,3-4H3,(H,32,35);1H4/t28-,29+,30+,32?,33-,37+,52+;27-,28+,29+,31?,32-,33+,43+;25-,26+,27+,29?,30-,31+,40+;/m000./s1. The number of nitriles is 1. The van der Waals surface area contributed by atoms with E-state index < -0.39 is 86.8 Å². The number of nitrogens with one attached hydrogen (secondary N) is 3. The molecule has 11 aliphatic rings. The molecule has 0 saturated carbocycles. The Kier molecular flexibility index (Phi) is 34.3. The van der Waals surface area contributed by atoms with E-state index in [-0.39, 0.29) is 117 Å². The van der Waals surface area contributed by atoms with E-state index in [0.717, 1.165) is 89.1 Å². The number of nitrogens with zero attached hydrogens (tertiary/aromatic N) is 11. The van der Waals surface area contributed by atoms with Gasteiger partial charge in [0.1, 0.15) is 84.9 Å². The molecule has 139 heavy (non-hydrogen) atoms. The van der Waals surface area contributed by atoms with Crippen LogP contribution >= 0.6 is 25.6 Å². The normalized spacial score (nSPS) is 28.9. The summed E-state index contributed by atoms with van der Waals surface area (Å²) in [6, 6.07) is 71.7. The number of aliphatic imine (C=N–C) groups is 1. The van der Waals surface area contributed by atoms with Gasteiger partial charge in [-0.25, -0.2) is 24.0 Å². The zero-order chi connectivity index (χ0) is 96.5. The van der Waals surface area contributed by atoms with Crippen molar-refractivity contribution in [1.29, 1.82) is 5.26 Å². The fourth-order valence-corrected chi connectivity index (χ4v) is 39.4. The van der Waals surface area contributed by atoms with Gasteiger partial charge in [0.05, 0.1) is 55.4 Å². The zero-order valence-corrected chi connectivity index (χ0v) is 86.6. The summed E-state index contributed by atoms with van der Waals surface area (Å²) in [6.07, 6.45) is 13.1. The van der Waals surface area contributed by atoms with Gasteiger partial charge in [0, 0.05) is 90.4 Å². The minimum absolute atomic E-state index is 0. The van der Waals surface area contributed by atoms with Gasteiger partial charge in [0.2, 0.25) is 23.6 Å². The topological polar surface area (TPSA) is 303 Å². The number of benzene rings is 6. The van der Waals surface area contributed by atoms with Gasteiger partial charge in [-0.3, -0.25) is 24.3 Å². The number of imidazole rings is 1. The Balaban J connectivity index is 0.000000151. The average Bonchev–Trinajstić information content (AvgIpc) is 1.60. The van der Waals surface area contributed by atoms with Crippen molar-refractivity contribution in [3.8, 4) is 11.9 Å². The van der Waals surface area contributed by atoms with Crippen LogP contribution in [0, 0.1) is 17.2 Å². The molecule has 9 saturated heterocycles. The van der Waals surface area contributed by atoms with Gasteiger partial charge in [-0.05, 0) is 82.0 Å². The molecule has 0 aliphatic carbocycles. The number of anilines is 1. The van der Waals surface area contributed by atoms with E-state index in [1.807, 2.05) is 16.0 Å². The lowest BCUT2D eigenvalue weighted by molar-refractivity contribution is -0.119. The van der Waals surface area contributed by atoms with Crippen LogP contribution in [0.1, 0.15) is 119 Å². The summed E-state index contributed by atoms with van der Waals surface area (Å²) < 4.78 is 94.8. The summed E-state index contributed by atoms with van der Waals surface area (Å²) in [4.78, 5) is 57.8. The molecule has 740 valence electrons. The van der Waals surface area contributed by atoms with Crippen LogP contribution in [0.15, 0.2) is 243 Å². The van der Waals surface area contributed by atoms with E-state index in [4.69, 9.17) is 65.6 Å². The molecule has 36 heteroatoms.